The SMILES string of the molecule is CO[C@]1(c2cc(OC[C@@H](C)O[Si](C)(C)C(C)(C)C)cc(Br)n2)CCOC1. The summed E-state index contributed by atoms with van der Waals surface area (Å²) in [5, 5.41) is 0.182. The van der Waals surface area contributed by atoms with Gasteiger partial charge >= 0.3 is 0 Å². The fraction of sp³-hybridized carbons (Fsp3) is 0.737. The number of aromatic nitrogens is 1. The van der Waals surface area contributed by atoms with E-state index in [2.05, 4.69) is 61.7 Å². The van der Waals surface area contributed by atoms with Crippen LogP contribution < -0.4 is 4.74 Å². The lowest BCUT2D eigenvalue weighted by Crippen LogP contribution is -2.44. The van der Waals surface area contributed by atoms with Crippen LogP contribution in [0.2, 0.25) is 18.1 Å². The first-order chi connectivity index (χ1) is 12.0. The monoisotopic (exact) mass is 445 g/mol. The van der Waals surface area contributed by atoms with Gasteiger partial charge in [0.05, 0.1) is 18.4 Å². The first-order valence-corrected chi connectivity index (χ1v) is 12.8. The largest absolute Gasteiger partial charge is 0.491 e. The molecule has 26 heavy (non-hydrogen) atoms. The molecule has 2 rings (SSSR count). The van der Waals surface area contributed by atoms with Crippen molar-refractivity contribution in [3.05, 3.63) is 22.4 Å². The molecule has 7 heteroatoms. The lowest BCUT2D eigenvalue weighted by Gasteiger charge is -2.38. The van der Waals surface area contributed by atoms with Gasteiger partial charge in [0, 0.05) is 32.3 Å². The summed E-state index contributed by atoms with van der Waals surface area (Å²) in [4.78, 5) is 4.58. The maximum absolute atomic E-state index is 6.37. The Morgan fingerprint density at radius 2 is 2.04 bits per heavy atom. The molecule has 2 atom stereocenters. The van der Waals surface area contributed by atoms with Gasteiger partial charge in [-0.2, -0.15) is 0 Å². The van der Waals surface area contributed by atoms with Gasteiger partial charge < -0.3 is 18.6 Å². The molecule has 0 spiro atoms. The number of nitrogens with zero attached hydrogens (tertiary/aromatic N) is 1. The summed E-state index contributed by atoms with van der Waals surface area (Å²) < 4.78 is 24.4. The van der Waals surface area contributed by atoms with Gasteiger partial charge in [-0.15, -0.1) is 0 Å². The van der Waals surface area contributed by atoms with Crippen molar-refractivity contribution < 1.29 is 18.6 Å². The zero-order valence-electron chi connectivity index (χ0n) is 17.0. The highest BCUT2D eigenvalue weighted by molar-refractivity contribution is 9.10. The second kappa shape index (κ2) is 8.27. The van der Waals surface area contributed by atoms with Crippen molar-refractivity contribution in [1.82, 2.24) is 4.98 Å². The molecule has 148 valence electrons. The Hall–Kier alpha value is -0.473. The Balaban J connectivity index is 2.06. The van der Waals surface area contributed by atoms with E-state index in [1.165, 1.54) is 0 Å². The van der Waals surface area contributed by atoms with Crippen molar-refractivity contribution in [2.24, 2.45) is 0 Å². The van der Waals surface area contributed by atoms with Crippen LogP contribution in [0.3, 0.4) is 0 Å². The van der Waals surface area contributed by atoms with E-state index in [4.69, 9.17) is 18.6 Å². The van der Waals surface area contributed by atoms with Crippen molar-refractivity contribution in [1.29, 1.82) is 0 Å². The van der Waals surface area contributed by atoms with Crippen LogP contribution in [0.25, 0.3) is 0 Å². The van der Waals surface area contributed by atoms with Crippen LogP contribution in [0.4, 0.5) is 0 Å². The van der Waals surface area contributed by atoms with Crippen molar-refractivity contribution >= 4 is 24.2 Å². The molecule has 2 heterocycles. The zero-order chi connectivity index (χ0) is 19.6. The van der Waals surface area contributed by atoms with Crippen LogP contribution in [0.5, 0.6) is 5.75 Å². The fourth-order valence-electron chi connectivity index (χ4n) is 2.73. The van der Waals surface area contributed by atoms with Crippen molar-refractivity contribution in [3.8, 4) is 5.75 Å². The molecule has 0 N–H and O–H groups in total. The zero-order valence-corrected chi connectivity index (χ0v) is 19.6. The van der Waals surface area contributed by atoms with Gasteiger partial charge in [-0.1, -0.05) is 20.8 Å². The summed E-state index contributed by atoms with van der Waals surface area (Å²) in [6.45, 7) is 15.0. The van der Waals surface area contributed by atoms with Gasteiger partial charge in [0.15, 0.2) is 8.32 Å². The number of halogens is 1. The summed E-state index contributed by atoms with van der Waals surface area (Å²) in [6, 6.07) is 3.82. The molecule has 0 bridgehead atoms. The number of rotatable bonds is 7. The van der Waals surface area contributed by atoms with Gasteiger partial charge in [0.2, 0.25) is 0 Å². The van der Waals surface area contributed by atoms with E-state index in [0.717, 1.165) is 22.5 Å². The van der Waals surface area contributed by atoms with E-state index in [1.54, 1.807) is 7.11 Å². The second-order valence-corrected chi connectivity index (χ2v) is 14.1. The molecule has 1 aromatic rings. The lowest BCUT2D eigenvalue weighted by atomic mass is 9.98. The van der Waals surface area contributed by atoms with Gasteiger partial charge in [-0.25, -0.2) is 4.98 Å². The van der Waals surface area contributed by atoms with E-state index in [-0.39, 0.29) is 11.1 Å². The molecule has 0 radical (unpaired) electrons. The highest BCUT2D eigenvalue weighted by Crippen LogP contribution is 2.38. The van der Waals surface area contributed by atoms with E-state index < -0.39 is 13.9 Å². The first kappa shape index (κ1) is 21.8. The minimum atomic E-state index is -1.81. The van der Waals surface area contributed by atoms with E-state index in [0.29, 0.717) is 19.8 Å². The molecule has 0 amide bonds. The Bertz CT molecular complexity index is 612. The number of hydrogen-bond donors (Lipinski definition) is 0. The number of ether oxygens (including phenoxy) is 3. The summed E-state index contributed by atoms with van der Waals surface area (Å²) >= 11 is 3.48. The van der Waals surface area contributed by atoms with Gasteiger partial charge in [0.25, 0.3) is 0 Å². The quantitative estimate of drug-likeness (QED) is 0.441. The Kier molecular flexibility index (Phi) is 6.94. The topological polar surface area (TPSA) is 49.8 Å². The van der Waals surface area contributed by atoms with Gasteiger partial charge in [0.1, 0.15) is 22.6 Å². The van der Waals surface area contributed by atoms with Crippen LogP contribution in [0.1, 0.15) is 39.8 Å². The molecule has 1 aliphatic heterocycles. The van der Waals surface area contributed by atoms with Crippen LogP contribution in [-0.4, -0.2) is 46.3 Å². The van der Waals surface area contributed by atoms with Crippen molar-refractivity contribution in [3.63, 3.8) is 0 Å². The minimum absolute atomic E-state index is 0.0254. The first-order valence-electron chi connectivity index (χ1n) is 9.11. The second-order valence-electron chi connectivity index (χ2n) is 8.51. The van der Waals surface area contributed by atoms with E-state index >= 15 is 0 Å². The third-order valence-corrected chi connectivity index (χ3v) is 10.4. The molecular weight excluding hydrogens is 414 g/mol. The predicted molar refractivity (Wildman–Crippen MR) is 109 cm³/mol. The molecule has 1 fully saturated rings. The normalized spacial score (nSPS) is 22.5. The number of methoxy groups -OCH3 is 1. The van der Waals surface area contributed by atoms with Crippen molar-refractivity contribution in [2.45, 2.75) is 64.0 Å². The molecule has 0 aliphatic carbocycles. The number of pyridine rings is 1. The Morgan fingerprint density at radius 1 is 1.35 bits per heavy atom. The maximum Gasteiger partial charge on any atom is 0.192 e. The summed E-state index contributed by atoms with van der Waals surface area (Å²) in [7, 11) is -0.104. The predicted octanol–water partition coefficient (Wildman–Crippen LogP) is 4.90. The van der Waals surface area contributed by atoms with Crippen LogP contribution in [0, 0.1) is 0 Å². The van der Waals surface area contributed by atoms with Gasteiger partial charge in [-0.3, -0.25) is 0 Å². The number of hydrogen-bond acceptors (Lipinski definition) is 5. The van der Waals surface area contributed by atoms with E-state index in [9.17, 15) is 0 Å². The van der Waals surface area contributed by atoms with Crippen LogP contribution in [-0.2, 0) is 19.5 Å². The molecule has 0 unspecified atom stereocenters. The Morgan fingerprint density at radius 3 is 2.58 bits per heavy atom. The highest BCUT2D eigenvalue weighted by Gasteiger charge is 2.40. The maximum atomic E-state index is 6.37. The minimum Gasteiger partial charge on any atom is -0.491 e. The fourth-order valence-corrected chi connectivity index (χ4v) is 4.58. The highest BCUT2D eigenvalue weighted by atomic mass is 79.9. The average molecular weight is 446 g/mol. The van der Waals surface area contributed by atoms with Crippen LogP contribution in [0.15, 0.2) is 16.7 Å². The third-order valence-electron chi connectivity index (χ3n) is 5.40. The smallest absolute Gasteiger partial charge is 0.192 e. The standard InChI is InChI=1S/C19H32BrNO4Si/c1-14(25-26(6,7)18(2,3)4)12-24-15-10-16(21-17(20)11-15)19(22-5)8-9-23-13-19/h10-11,14H,8-9,12-13H2,1-7H3/t14-,19-/m1/s1. The molecule has 1 aromatic heterocycles. The molecule has 5 nitrogen and oxygen atoms in total. The summed E-state index contributed by atoms with van der Waals surface area (Å²) in [6.07, 6.45) is 0.814. The lowest BCUT2D eigenvalue weighted by molar-refractivity contribution is -0.0249. The van der Waals surface area contributed by atoms with E-state index in [1.807, 2.05) is 12.1 Å². The molecule has 0 saturated carbocycles. The average Bonchev–Trinajstić information content (AvgIpc) is 3.01. The van der Waals surface area contributed by atoms with Gasteiger partial charge in [-0.05, 0) is 41.0 Å². The molecule has 0 aromatic carbocycles. The molecular formula is C19H32BrNO4Si. The Labute approximate surface area is 167 Å². The molecule has 1 saturated heterocycles. The van der Waals surface area contributed by atoms with Crippen LogP contribution >= 0.6 is 15.9 Å². The third kappa shape index (κ3) is 5.07. The summed E-state index contributed by atoms with van der Waals surface area (Å²) in [5.74, 6) is 0.760. The van der Waals surface area contributed by atoms with Crippen molar-refractivity contribution in [2.75, 3.05) is 26.9 Å². The molecule has 1 aliphatic rings. The summed E-state index contributed by atoms with van der Waals surface area (Å²) in [5.41, 5.74) is 0.338.